The molecule has 1 N–H and O–H groups in total. The molecule has 0 saturated heterocycles. The number of hydrogen-bond acceptors (Lipinski definition) is 6. The largest absolute Gasteiger partial charge is 0.416 e. The van der Waals surface area contributed by atoms with Gasteiger partial charge < -0.3 is 9.88 Å². The quantitative estimate of drug-likeness (QED) is 0.317. The first kappa shape index (κ1) is 21.3. The third kappa shape index (κ3) is 4.27. The van der Waals surface area contributed by atoms with Gasteiger partial charge in [-0.15, -0.1) is 0 Å². The lowest BCUT2D eigenvalue weighted by atomic mass is 9.80. The number of benzene rings is 1. The first-order valence-corrected chi connectivity index (χ1v) is 10.0. The zero-order valence-corrected chi connectivity index (χ0v) is 17.1. The molecule has 4 rings (SSSR count). The maximum Gasteiger partial charge on any atom is 0.416 e. The zero-order valence-electron chi connectivity index (χ0n) is 16.4. The molecule has 0 aliphatic heterocycles. The maximum atomic E-state index is 13.0. The number of nitro groups is 1. The van der Waals surface area contributed by atoms with Gasteiger partial charge in [0.25, 0.3) is 5.69 Å². The second-order valence-electron chi connectivity index (χ2n) is 7.61. The fraction of sp³-hybridized carbons (Fsp3) is 0.421. The number of fused-ring (bicyclic) bond motifs is 1. The van der Waals surface area contributed by atoms with Crippen LogP contribution in [0, 0.1) is 16.0 Å². The highest BCUT2D eigenvalue weighted by Crippen LogP contribution is 2.35. The highest BCUT2D eigenvalue weighted by atomic mass is 35.5. The van der Waals surface area contributed by atoms with Gasteiger partial charge >= 0.3 is 6.18 Å². The first-order valence-electron chi connectivity index (χ1n) is 9.63. The number of anilines is 1. The Morgan fingerprint density at radius 1 is 1.35 bits per heavy atom. The van der Waals surface area contributed by atoms with Crippen molar-refractivity contribution in [2.45, 2.75) is 44.9 Å². The standard InChI is InChI=1S/C19H18ClF3N6O2/c1-10(11-3-2-4-11)25-17-15-16(26-18(20)27-17)24-9-28(15)8-12-5-6-13(19(21,22)23)7-14(12)29(30)31/h5-7,9-11H,2-4,8H2,1H3,(H,25,26,27)/t10-/m1/s1. The third-order valence-electron chi connectivity index (χ3n) is 5.62. The minimum absolute atomic E-state index is 0.00145. The molecule has 0 bridgehead atoms. The Morgan fingerprint density at radius 3 is 2.71 bits per heavy atom. The SMILES string of the molecule is C[C@@H](Nc1nc(Cl)nc2ncn(Cc3ccc(C(F)(F)F)cc3[N+](=O)[O-])c12)C1CCC1. The van der Waals surface area contributed by atoms with Gasteiger partial charge in [0.05, 0.1) is 23.4 Å². The van der Waals surface area contributed by atoms with Crippen LogP contribution in [0.5, 0.6) is 0 Å². The van der Waals surface area contributed by atoms with Crippen LogP contribution in [0.4, 0.5) is 24.7 Å². The van der Waals surface area contributed by atoms with E-state index in [0.717, 1.165) is 25.0 Å². The van der Waals surface area contributed by atoms with Gasteiger partial charge in [0, 0.05) is 17.7 Å². The molecular weight excluding hydrogens is 437 g/mol. The average Bonchev–Trinajstić information content (AvgIpc) is 3.02. The van der Waals surface area contributed by atoms with Gasteiger partial charge in [0.15, 0.2) is 11.5 Å². The fourth-order valence-corrected chi connectivity index (χ4v) is 3.84. The lowest BCUT2D eigenvalue weighted by Gasteiger charge is -2.32. The molecule has 1 aliphatic carbocycles. The number of aromatic nitrogens is 4. The van der Waals surface area contributed by atoms with Crippen LogP contribution < -0.4 is 5.32 Å². The topological polar surface area (TPSA) is 98.8 Å². The van der Waals surface area contributed by atoms with Gasteiger partial charge in [-0.05, 0) is 49.4 Å². The van der Waals surface area contributed by atoms with E-state index in [1.165, 1.54) is 12.7 Å². The lowest BCUT2D eigenvalue weighted by molar-refractivity contribution is -0.385. The second kappa shape index (κ2) is 7.95. The number of alkyl halides is 3. The molecule has 31 heavy (non-hydrogen) atoms. The second-order valence-corrected chi connectivity index (χ2v) is 7.95. The fourth-order valence-electron chi connectivity index (χ4n) is 3.67. The van der Waals surface area contributed by atoms with E-state index < -0.39 is 22.4 Å². The molecule has 2 heterocycles. The summed E-state index contributed by atoms with van der Waals surface area (Å²) in [5, 5.41) is 14.8. The summed E-state index contributed by atoms with van der Waals surface area (Å²) in [5.41, 5.74) is -0.831. The third-order valence-corrected chi connectivity index (χ3v) is 5.79. The Kier molecular flexibility index (Phi) is 5.46. The van der Waals surface area contributed by atoms with Crippen LogP contribution in [0.1, 0.15) is 37.3 Å². The maximum absolute atomic E-state index is 13.0. The number of imidazole rings is 1. The van der Waals surface area contributed by atoms with Gasteiger partial charge in [-0.2, -0.15) is 23.1 Å². The van der Waals surface area contributed by atoms with Gasteiger partial charge in [-0.3, -0.25) is 10.1 Å². The predicted molar refractivity (Wildman–Crippen MR) is 108 cm³/mol. The number of halogens is 4. The number of rotatable bonds is 6. The number of hydrogen-bond donors (Lipinski definition) is 1. The Labute approximate surface area is 179 Å². The van der Waals surface area contributed by atoms with Crippen molar-refractivity contribution < 1.29 is 18.1 Å². The van der Waals surface area contributed by atoms with Crippen LogP contribution in [-0.2, 0) is 12.7 Å². The molecule has 164 valence electrons. The molecule has 0 radical (unpaired) electrons. The van der Waals surface area contributed by atoms with Crippen molar-refractivity contribution in [2.24, 2.45) is 5.92 Å². The Morgan fingerprint density at radius 2 is 2.10 bits per heavy atom. The molecule has 1 aliphatic rings. The van der Waals surface area contributed by atoms with Crippen LogP contribution in [0.2, 0.25) is 5.28 Å². The van der Waals surface area contributed by atoms with Crippen molar-refractivity contribution in [1.29, 1.82) is 0 Å². The smallest absolute Gasteiger partial charge is 0.365 e. The minimum atomic E-state index is -4.68. The van der Waals surface area contributed by atoms with Crippen molar-refractivity contribution in [1.82, 2.24) is 19.5 Å². The molecule has 0 amide bonds. The van der Waals surface area contributed by atoms with Crippen LogP contribution in [0.15, 0.2) is 24.5 Å². The Bertz CT molecular complexity index is 1150. The molecule has 1 saturated carbocycles. The Hall–Kier alpha value is -2.95. The molecule has 12 heteroatoms. The van der Waals surface area contributed by atoms with E-state index in [1.807, 2.05) is 6.92 Å². The summed E-state index contributed by atoms with van der Waals surface area (Å²) in [6.07, 6.45) is 0.118. The highest BCUT2D eigenvalue weighted by molar-refractivity contribution is 6.28. The predicted octanol–water partition coefficient (Wildman–Crippen LogP) is 5.06. The molecular formula is C19H18ClF3N6O2. The molecule has 1 fully saturated rings. The van der Waals surface area contributed by atoms with Crippen molar-refractivity contribution >= 4 is 34.3 Å². The summed E-state index contributed by atoms with van der Waals surface area (Å²) in [5.74, 6) is 0.928. The monoisotopic (exact) mass is 454 g/mol. The molecule has 3 aromatic rings. The van der Waals surface area contributed by atoms with Crippen LogP contribution in [0.3, 0.4) is 0 Å². The Balaban J connectivity index is 1.73. The minimum Gasteiger partial charge on any atom is -0.365 e. The van der Waals surface area contributed by atoms with Gasteiger partial charge in [0.2, 0.25) is 5.28 Å². The summed E-state index contributed by atoms with van der Waals surface area (Å²) >= 11 is 6.02. The van der Waals surface area contributed by atoms with Crippen LogP contribution in [-0.4, -0.2) is 30.5 Å². The van der Waals surface area contributed by atoms with E-state index in [4.69, 9.17) is 11.6 Å². The normalized spacial score (nSPS) is 15.6. The van der Waals surface area contributed by atoms with Crippen LogP contribution in [0.25, 0.3) is 11.2 Å². The summed E-state index contributed by atoms with van der Waals surface area (Å²) in [7, 11) is 0. The molecule has 0 spiro atoms. The van der Waals surface area contributed by atoms with E-state index in [2.05, 4.69) is 20.3 Å². The van der Waals surface area contributed by atoms with Crippen molar-refractivity contribution in [3.63, 3.8) is 0 Å². The van der Waals surface area contributed by atoms with E-state index in [9.17, 15) is 23.3 Å². The summed E-state index contributed by atoms with van der Waals surface area (Å²) in [4.78, 5) is 23.1. The van der Waals surface area contributed by atoms with E-state index >= 15 is 0 Å². The van der Waals surface area contributed by atoms with E-state index in [0.29, 0.717) is 23.3 Å². The molecule has 0 unspecified atom stereocenters. The number of nitrogens with zero attached hydrogens (tertiary/aromatic N) is 5. The first-order chi connectivity index (χ1) is 14.6. The van der Waals surface area contributed by atoms with Gasteiger partial charge in [-0.25, -0.2) is 4.98 Å². The van der Waals surface area contributed by atoms with E-state index in [-0.39, 0.29) is 29.1 Å². The zero-order chi connectivity index (χ0) is 22.3. The van der Waals surface area contributed by atoms with E-state index in [1.54, 1.807) is 4.57 Å². The number of nitrogens with one attached hydrogen (secondary N) is 1. The summed E-state index contributed by atoms with van der Waals surface area (Å²) in [6.45, 7) is 1.95. The van der Waals surface area contributed by atoms with Crippen molar-refractivity contribution in [3.8, 4) is 0 Å². The van der Waals surface area contributed by atoms with Crippen molar-refractivity contribution in [3.05, 3.63) is 51.1 Å². The molecule has 8 nitrogen and oxygen atoms in total. The summed E-state index contributed by atoms with van der Waals surface area (Å²) in [6, 6.07) is 2.59. The van der Waals surface area contributed by atoms with Crippen LogP contribution >= 0.6 is 11.6 Å². The van der Waals surface area contributed by atoms with Gasteiger partial charge in [-0.1, -0.05) is 6.42 Å². The molecule has 1 aromatic carbocycles. The number of nitro benzene ring substituents is 1. The average molecular weight is 455 g/mol. The lowest BCUT2D eigenvalue weighted by Crippen LogP contribution is -2.31. The molecule has 1 atom stereocenters. The summed E-state index contributed by atoms with van der Waals surface area (Å²) < 4.78 is 40.5. The van der Waals surface area contributed by atoms with Crippen molar-refractivity contribution in [2.75, 3.05) is 5.32 Å². The molecule has 2 aromatic heterocycles. The van der Waals surface area contributed by atoms with Gasteiger partial charge in [0.1, 0.15) is 5.52 Å². The highest BCUT2D eigenvalue weighted by Gasteiger charge is 2.33.